The predicted octanol–water partition coefficient (Wildman–Crippen LogP) is 5.16. The molecule has 1 nitrogen and oxygen atoms in total. The second kappa shape index (κ2) is 5.64. The van der Waals surface area contributed by atoms with Gasteiger partial charge in [-0.25, -0.2) is 0 Å². The van der Waals surface area contributed by atoms with Crippen LogP contribution in [0.5, 0.6) is 0 Å². The summed E-state index contributed by atoms with van der Waals surface area (Å²) >= 11 is 12.1. The van der Waals surface area contributed by atoms with Crippen molar-refractivity contribution < 1.29 is 0 Å². The van der Waals surface area contributed by atoms with Gasteiger partial charge in [-0.3, -0.25) is 0 Å². The molecule has 0 heterocycles. The lowest BCUT2D eigenvalue weighted by Gasteiger charge is -2.21. The van der Waals surface area contributed by atoms with E-state index >= 15 is 0 Å². The number of aryl methyl sites for hydroxylation is 1. The standard InChI is InChI=1S/C15H15Cl2N/c1-11-4-3-5-13(8-11)18(2)15-7-6-12(10-16)9-14(15)17/h3-9H,10H2,1-2H3. The Balaban J connectivity index is 2.37. The van der Waals surface area contributed by atoms with Crippen LogP contribution in [0, 0.1) is 6.92 Å². The Morgan fingerprint density at radius 3 is 2.50 bits per heavy atom. The predicted molar refractivity (Wildman–Crippen MR) is 80.3 cm³/mol. The van der Waals surface area contributed by atoms with Crippen LogP contribution in [0.2, 0.25) is 5.02 Å². The van der Waals surface area contributed by atoms with Crippen molar-refractivity contribution in [2.24, 2.45) is 0 Å². The number of anilines is 2. The first-order chi connectivity index (χ1) is 8.61. The van der Waals surface area contributed by atoms with Crippen molar-refractivity contribution in [2.75, 3.05) is 11.9 Å². The van der Waals surface area contributed by atoms with Crippen molar-refractivity contribution in [1.82, 2.24) is 0 Å². The van der Waals surface area contributed by atoms with Crippen LogP contribution in [-0.2, 0) is 5.88 Å². The average Bonchev–Trinajstić information content (AvgIpc) is 2.37. The second-order valence-electron chi connectivity index (χ2n) is 4.32. The van der Waals surface area contributed by atoms with Gasteiger partial charge in [0.05, 0.1) is 10.7 Å². The lowest BCUT2D eigenvalue weighted by molar-refractivity contribution is 1.20. The van der Waals surface area contributed by atoms with Crippen LogP contribution in [0.25, 0.3) is 0 Å². The molecule has 0 amide bonds. The number of benzene rings is 2. The molecule has 0 aliphatic rings. The zero-order valence-electron chi connectivity index (χ0n) is 10.5. The van der Waals surface area contributed by atoms with E-state index in [1.165, 1.54) is 5.56 Å². The molecule has 94 valence electrons. The van der Waals surface area contributed by atoms with E-state index in [1.807, 2.05) is 31.3 Å². The SMILES string of the molecule is Cc1cccc(N(C)c2ccc(CCl)cc2Cl)c1. The van der Waals surface area contributed by atoms with Crippen LogP contribution in [-0.4, -0.2) is 7.05 Å². The maximum atomic E-state index is 6.29. The lowest BCUT2D eigenvalue weighted by Crippen LogP contribution is -2.10. The highest BCUT2D eigenvalue weighted by Crippen LogP contribution is 2.31. The third kappa shape index (κ3) is 2.80. The number of hydrogen-bond donors (Lipinski definition) is 0. The lowest BCUT2D eigenvalue weighted by atomic mass is 10.1. The van der Waals surface area contributed by atoms with E-state index in [4.69, 9.17) is 23.2 Å². The van der Waals surface area contributed by atoms with E-state index in [9.17, 15) is 0 Å². The molecule has 18 heavy (non-hydrogen) atoms. The molecule has 0 aromatic heterocycles. The molecule has 2 aromatic carbocycles. The largest absolute Gasteiger partial charge is 0.343 e. The monoisotopic (exact) mass is 279 g/mol. The third-order valence-electron chi connectivity index (χ3n) is 2.92. The van der Waals surface area contributed by atoms with Gasteiger partial charge in [-0.2, -0.15) is 0 Å². The van der Waals surface area contributed by atoms with Crippen molar-refractivity contribution in [3.8, 4) is 0 Å². The van der Waals surface area contributed by atoms with Crippen LogP contribution in [0.15, 0.2) is 42.5 Å². The summed E-state index contributed by atoms with van der Waals surface area (Å²) in [5, 5.41) is 0.720. The Kier molecular flexibility index (Phi) is 4.15. The topological polar surface area (TPSA) is 3.24 Å². The number of halogens is 2. The van der Waals surface area contributed by atoms with Crippen LogP contribution in [0.1, 0.15) is 11.1 Å². The molecule has 2 rings (SSSR count). The Hall–Kier alpha value is -1.18. The fourth-order valence-electron chi connectivity index (χ4n) is 1.88. The molecule has 0 aliphatic heterocycles. The minimum absolute atomic E-state index is 0.480. The van der Waals surface area contributed by atoms with Crippen LogP contribution in [0.4, 0.5) is 11.4 Å². The summed E-state index contributed by atoms with van der Waals surface area (Å²) in [6.45, 7) is 2.08. The molecule has 0 radical (unpaired) electrons. The highest BCUT2D eigenvalue weighted by atomic mass is 35.5. The molecule has 0 aliphatic carbocycles. The molecule has 0 saturated heterocycles. The summed E-state index contributed by atoms with van der Waals surface area (Å²) in [7, 11) is 2.01. The summed E-state index contributed by atoms with van der Waals surface area (Å²) in [5.74, 6) is 0.480. The van der Waals surface area contributed by atoms with E-state index in [1.54, 1.807) is 0 Å². The van der Waals surface area contributed by atoms with Gasteiger partial charge in [0.15, 0.2) is 0 Å². The van der Waals surface area contributed by atoms with Crippen LogP contribution in [0.3, 0.4) is 0 Å². The van der Waals surface area contributed by atoms with E-state index < -0.39 is 0 Å². The van der Waals surface area contributed by atoms with Gasteiger partial charge in [-0.05, 0) is 42.3 Å². The summed E-state index contributed by atoms with van der Waals surface area (Å²) < 4.78 is 0. The maximum Gasteiger partial charge on any atom is 0.0646 e. The number of alkyl halides is 1. The average molecular weight is 280 g/mol. The van der Waals surface area contributed by atoms with Gasteiger partial charge in [0.25, 0.3) is 0 Å². The van der Waals surface area contributed by atoms with E-state index in [-0.39, 0.29) is 0 Å². The summed E-state index contributed by atoms with van der Waals surface area (Å²) in [6.07, 6.45) is 0. The first kappa shape index (κ1) is 13.3. The quantitative estimate of drug-likeness (QED) is 0.702. The van der Waals surface area contributed by atoms with E-state index in [0.717, 1.165) is 22.0 Å². The summed E-state index contributed by atoms with van der Waals surface area (Å²) in [6, 6.07) is 14.2. The van der Waals surface area contributed by atoms with Crippen molar-refractivity contribution >= 4 is 34.6 Å². The first-order valence-electron chi connectivity index (χ1n) is 5.76. The Morgan fingerprint density at radius 1 is 1.11 bits per heavy atom. The van der Waals surface area contributed by atoms with Crippen molar-refractivity contribution in [3.63, 3.8) is 0 Å². The van der Waals surface area contributed by atoms with Gasteiger partial charge < -0.3 is 4.90 Å². The maximum absolute atomic E-state index is 6.29. The van der Waals surface area contributed by atoms with Crippen LogP contribution >= 0.6 is 23.2 Å². The highest BCUT2D eigenvalue weighted by Gasteiger charge is 2.08. The van der Waals surface area contributed by atoms with Gasteiger partial charge in [0.1, 0.15) is 0 Å². The molecular weight excluding hydrogens is 265 g/mol. The van der Waals surface area contributed by atoms with Gasteiger partial charge in [0, 0.05) is 18.6 Å². The van der Waals surface area contributed by atoms with Crippen molar-refractivity contribution in [1.29, 1.82) is 0 Å². The molecule has 0 bridgehead atoms. The molecule has 2 aromatic rings. The van der Waals surface area contributed by atoms with Crippen LogP contribution < -0.4 is 4.90 Å². The van der Waals surface area contributed by atoms with E-state index in [0.29, 0.717) is 5.88 Å². The fourth-order valence-corrected chi connectivity index (χ4v) is 2.38. The third-order valence-corrected chi connectivity index (χ3v) is 3.53. The highest BCUT2D eigenvalue weighted by molar-refractivity contribution is 6.33. The zero-order valence-corrected chi connectivity index (χ0v) is 12.0. The van der Waals surface area contributed by atoms with E-state index in [2.05, 4.69) is 30.0 Å². The summed E-state index contributed by atoms with van der Waals surface area (Å²) in [5.41, 5.74) is 4.36. The Bertz CT molecular complexity index is 552. The number of hydrogen-bond acceptors (Lipinski definition) is 1. The zero-order chi connectivity index (χ0) is 13.1. The number of nitrogens with zero attached hydrogens (tertiary/aromatic N) is 1. The van der Waals surface area contributed by atoms with Crippen molar-refractivity contribution in [3.05, 3.63) is 58.6 Å². The normalized spacial score (nSPS) is 10.4. The molecule has 0 spiro atoms. The molecule has 0 unspecified atom stereocenters. The van der Waals surface area contributed by atoms with Crippen molar-refractivity contribution in [2.45, 2.75) is 12.8 Å². The minimum Gasteiger partial charge on any atom is -0.343 e. The smallest absolute Gasteiger partial charge is 0.0646 e. The van der Waals surface area contributed by atoms with Gasteiger partial charge in [-0.1, -0.05) is 29.8 Å². The van der Waals surface area contributed by atoms with Gasteiger partial charge in [0.2, 0.25) is 0 Å². The number of rotatable bonds is 3. The fraction of sp³-hybridized carbons (Fsp3) is 0.200. The molecule has 0 fully saturated rings. The molecular formula is C15H15Cl2N. The molecule has 0 atom stereocenters. The molecule has 0 saturated carbocycles. The summed E-state index contributed by atoms with van der Waals surface area (Å²) in [4.78, 5) is 2.08. The second-order valence-corrected chi connectivity index (χ2v) is 4.99. The minimum atomic E-state index is 0.480. The Labute approximate surface area is 118 Å². The van der Waals surface area contributed by atoms with Gasteiger partial charge in [-0.15, -0.1) is 11.6 Å². The first-order valence-corrected chi connectivity index (χ1v) is 6.68. The Morgan fingerprint density at radius 2 is 1.89 bits per heavy atom. The van der Waals surface area contributed by atoms with Gasteiger partial charge >= 0.3 is 0 Å². The molecule has 3 heteroatoms. The molecule has 0 N–H and O–H groups in total.